The quantitative estimate of drug-likeness (QED) is 0.719. The van der Waals surface area contributed by atoms with Crippen molar-refractivity contribution in [3.63, 3.8) is 0 Å². The van der Waals surface area contributed by atoms with Crippen LogP contribution in [0, 0.1) is 0 Å². The highest BCUT2D eigenvalue weighted by molar-refractivity contribution is 5.80. The molecule has 5 heteroatoms. The number of amides is 1. The van der Waals surface area contributed by atoms with Crippen LogP contribution in [0.15, 0.2) is 0 Å². The van der Waals surface area contributed by atoms with Crippen molar-refractivity contribution in [3.8, 4) is 0 Å². The second kappa shape index (κ2) is 5.69. The van der Waals surface area contributed by atoms with E-state index in [0.717, 1.165) is 19.3 Å². The van der Waals surface area contributed by atoms with Gasteiger partial charge in [-0.05, 0) is 40.0 Å². The standard InChI is InChI=1S/C13H24N2O3/c1-5-13(3,4)14-11(16)8-15(10-6-7-10)9(2)12(17)18/h9-10H,5-8H2,1-4H3,(H,14,16)(H,17,18). The van der Waals surface area contributed by atoms with E-state index in [9.17, 15) is 9.59 Å². The molecule has 104 valence electrons. The summed E-state index contributed by atoms with van der Waals surface area (Å²) < 4.78 is 0. The Morgan fingerprint density at radius 1 is 1.44 bits per heavy atom. The van der Waals surface area contributed by atoms with Crippen LogP contribution in [-0.4, -0.2) is 46.1 Å². The number of rotatable bonds is 7. The van der Waals surface area contributed by atoms with Gasteiger partial charge in [-0.3, -0.25) is 14.5 Å². The number of carboxylic acid groups (broad SMARTS) is 1. The number of nitrogens with zero attached hydrogens (tertiary/aromatic N) is 1. The molecule has 1 saturated carbocycles. The topological polar surface area (TPSA) is 69.6 Å². The van der Waals surface area contributed by atoms with Gasteiger partial charge < -0.3 is 10.4 Å². The van der Waals surface area contributed by atoms with Gasteiger partial charge in [0.1, 0.15) is 6.04 Å². The number of nitrogens with one attached hydrogen (secondary N) is 1. The molecule has 0 heterocycles. The van der Waals surface area contributed by atoms with Crippen molar-refractivity contribution in [2.24, 2.45) is 0 Å². The summed E-state index contributed by atoms with van der Waals surface area (Å²) in [7, 11) is 0. The van der Waals surface area contributed by atoms with Crippen LogP contribution in [0.5, 0.6) is 0 Å². The fraction of sp³-hybridized carbons (Fsp3) is 0.846. The first-order valence-corrected chi connectivity index (χ1v) is 6.56. The van der Waals surface area contributed by atoms with E-state index in [1.54, 1.807) is 11.8 Å². The average molecular weight is 256 g/mol. The lowest BCUT2D eigenvalue weighted by Gasteiger charge is -2.29. The summed E-state index contributed by atoms with van der Waals surface area (Å²) >= 11 is 0. The Morgan fingerprint density at radius 3 is 2.39 bits per heavy atom. The van der Waals surface area contributed by atoms with Crippen molar-refractivity contribution < 1.29 is 14.7 Å². The lowest BCUT2D eigenvalue weighted by molar-refractivity contribution is -0.143. The van der Waals surface area contributed by atoms with Crippen molar-refractivity contribution in [2.75, 3.05) is 6.54 Å². The molecule has 1 fully saturated rings. The number of hydrogen-bond donors (Lipinski definition) is 2. The third-order valence-electron chi connectivity index (χ3n) is 3.56. The molecule has 2 N–H and O–H groups in total. The third kappa shape index (κ3) is 4.29. The Bertz CT molecular complexity index is 324. The van der Waals surface area contributed by atoms with Gasteiger partial charge in [-0.15, -0.1) is 0 Å². The predicted octanol–water partition coefficient (Wildman–Crippen LogP) is 1.23. The fourth-order valence-corrected chi connectivity index (χ4v) is 1.80. The van der Waals surface area contributed by atoms with Crippen molar-refractivity contribution in [3.05, 3.63) is 0 Å². The normalized spacial score (nSPS) is 17.6. The van der Waals surface area contributed by atoms with Gasteiger partial charge >= 0.3 is 5.97 Å². The van der Waals surface area contributed by atoms with Crippen LogP contribution in [-0.2, 0) is 9.59 Å². The number of aliphatic carboxylic acids is 1. The second-order valence-electron chi connectivity index (χ2n) is 5.70. The minimum absolute atomic E-state index is 0.0955. The number of carbonyl (C=O) groups excluding carboxylic acids is 1. The zero-order valence-electron chi connectivity index (χ0n) is 11.7. The smallest absolute Gasteiger partial charge is 0.320 e. The van der Waals surface area contributed by atoms with Gasteiger partial charge in [-0.25, -0.2) is 0 Å². The highest BCUT2D eigenvalue weighted by atomic mass is 16.4. The van der Waals surface area contributed by atoms with E-state index in [-0.39, 0.29) is 24.0 Å². The highest BCUT2D eigenvalue weighted by Crippen LogP contribution is 2.28. The van der Waals surface area contributed by atoms with Gasteiger partial charge in [0.05, 0.1) is 6.54 Å². The number of carboxylic acids is 1. The van der Waals surface area contributed by atoms with E-state index in [2.05, 4.69) is 5.32 Å². The molecule has 0 saturated heterocycles. The van der Waals surface area contributed by atoms with Crippen LogP contribution in [0.2, 0.25) is 0 Å². The average Bonchev–Trinajstić information content (AvgIpc) is 3.08. The molecule has 18 heavy (non-hydrogen) atoms. The molecule has 0 aromatic rings. The number of hydrogen-bond acceptors (Lipinski definition) is 3. The lowest BCUT2D eigenvalue weighted by Crippen LogP contribution is -2.51. The molecule has 0 spiro atoms. The van der Waals surface area contributed by atoms with Crippen LogP contribution >= 0.6 is 0 Å². The van der Waals surface area contributed by atoms with Crippen LogP contribution in [0.4, 0.5) is 0 Å². The first-order valence-electron chi connectivity index (χ1n) is 6.56. The molecule has 0 aliphatic heterocycles. The second-order valence-corrected chi connectivity index (χ2v) is 5.70. The summed E-state index contributed by atoms with van der Waals surface area (Å²) in [4.78, 5) is 24.7. The first-order chi connectivity index (χ1) is 8.26. The first kappa shape index (κ1) is 15.0. The summed E-state index contributed by atoms with van der Waals surface area (Å²) in [5, 5.41) is 12.0. The molecule has 0 aromatic carbocycles. The Morgan fingerprint density at radius 2 is 2.00 bits per heavy atom. The van der Waals surface area contributed by atoms with Crippen molar-refractivity contribution in [1.29, 1.82) is 0 Å². The molecule has 1 atom stereocenters. The lowest BCUT2D eigenvalue weighted by atomic mass is 10.0. The van der Waals surface area contributed by atoms with E-state index < -0.39 is 12.0 Å². The van der Waals surface area contributed by atoms with E-state index in [1.807, 2.05) is 20.8 Å². The van der Waals surface area contributed by atoms with Crippen molar-refractivity contribution >= 4 is 11.9 Å². The molecule has 1 aliphatic carbocycles. The van der Waals surface area contributed by atoms with Gasteiger partial charge in [-0.2, -0.15) is 0 Å². The predicted molar refractivity (Wildman–Crippen MR) is 69.3 cm³/mol. The molecular weight excluding hydrogens is 232 g/mol. The molecule has 1 rings (SSSR count). The van der Waals surface area contributed by atoms with Gasteiger partial charge in [0.25, 0.3) is 0 Å². The summed E-state index contributed by atoms with van der Waals surface area (Å²) in [6, 6.07) is -0.348. The SMILES string of the molecule is CCC(C)(C)NC(=O)CN(C1CC1)C(C)C(=O)O. The zero-order valence-corrected chi connectivity index (χ0v) is 11.7. The van der Waals surface area contributed by atoms with Gasteiger partial charge in [-0.1, -0.05) is 6.92 Å². The summed E-state index contributed by atoms with van der Waals surface area (Å²) in [5.41, 5.74) is -0.237. The van der Waals surface area contributed by atoms with Crippen molar-refractivity contribution in [2.45, 2.75) is 64.6 Å². The van der Waals surface area contributed by atoms with Crippen LogP contribution in [0.1, 0.15) is 47.0 Å². The monoisotopic (exact) mass is 256 g/mol. The molecular formula is C13H24N2O3. The third-order valence-corrected chi connectivity index (χ3v) is 3.56. The van der Waals surface area contributed by atoms with Gasteiger partial charge in [0.15, 0.2) is 0 Å². The Kier molecular flexibility index (Phi) is 4.73. The maximum Gasteiger partial charge on any atom is 0.320 e. The molecule has 5 nitrogen and oxygen atoms in total. The molecule has 1 unspecified atom stereocenters. The summed E-state index contributed by atoms with van der Waals surface area (Å²) in [6.45, 7) is 7.75. The molecule has 0 radical (unpaired) electrons. The van der Waals surface area contributed by atoms with Gasteiger partial charge in [0, 0.05) is 11.6 Å². The van der Waals surface area contributed by atoms with E-state index in [0.29, 0.717) is 0 Å². The molecule has 1 amide bonds. The van der Waals surface area contributed by atoms with Gasteiger partial charge in [0.2, 0.25) is 5.91 Å². The Balaban J connectivity index is 2.56. The highest BCUT2D eigenvalue weighted by Gasteiger charge is 2.36. The van der Waals surface area contributed by atoms with Crippen molar-refractivity contribution in [1.82, 2.24) is 10.2 Å². The minimum Gasteiger partial charge on any atom is -0.480 e. The van der Waals surface area contributed by atoms with Crippen LogP contribution in [0.25, 0.3) is 0 Å². The molecule has 1 aliphatic rings. The maximum atomic E-state index is 11.9. The van der Waals surface area contributed by atoms with Crippen LogP contribution < -0.4 is 5.32 Å². The number of carbonyl (C=O) groups is 2. The fourth-order valence-electron chi connectivity index (χ4n) is 1.80. The summed E-state index contributed by atoms with van der Waals surface area (Å²) in [6.07, 6.45) is 2.82. The maximum absolute atomic E-state index is 11.9. The molecule has 0 bridgehead atoms. The van der Waals surface area contributed by atoms with E-state index in [1.165, 1.54) is 0 Å². The largest absolute Gasteiger partial charge is 0.480 e. The van der Waals surface area contributed by atoms with Crippen LogP contribution in [0.3, 0.4) is 0 Å². The molecule has 0 aromatic heterocycles. The van der Waals surface area contributed by atoms with E-state index >= 15 is 0 Å². The summed E-state index contributed by atoms with van der Waals surface area (Å²) in [5.74, 6) is -0.966. The van der Waals surface area contributed by atoms with E-state index in [4.69, 9.17) is 5.11 Å². The Hall–Kier alpha value is -1.10. The Labute approximate surface area is 109 Å². The minimum atomic E-state index is -0.871. The zero-order chi connectivity index (χ0) is 13.9.